The van der Waals surface area contributed by atoms with E-state index in [1.54, 1.807) is 24.1 Å². The molecule has 1 aliphatic heterocycles. The zero-order chi connectivity index (χ0) is 19.6. The van der Waals surface area contributed by atoms with Crippen LogP contribution in [0, 0.1) is 17.8 Å². The number of aromatic nitrogens is 4. The Morgan fingerprint density at radius 1 is 1.32 bits per heavy atom. The second-order valence-corrected chi connectivity index (χ2v) is 8.14. The summed E-state index contributed by atoms with van der Waals surface area (Å²) < 4.78 is 31.1. The van der Waals surface area contributed by atoms with Crippen molar-refractivity contribution in [3.63, 3.8) is 0 Å². The van der Waals surface area contributed by atoms with E-state index in [4.69, 9.17) is 5.11 Å². The zero-order valence-electron chi connectivity index (χ0n) is 15.5. The number of aliphatic carboxylic acids is 1. The van der Waals surface area contributed by atoms with Crippen LogP contribution in [0.3, 0.4) is 0 Å². The molecule has 0 spiro atoms. The molecule has 148 valence electrons. The van der Waals surface area contributed by atoms with Crippen molar-refractivity contribution in [1.82, 2.24) is 19.5 Å². The second-order valence-electron chi connectivity index (χ2n) is 8.14. The summed E-state index contributed by atoms with van der Waals surface area (Å²) in [6.45, 7) is 1.34. The Kier molecular flexibility index (Phi) is 3.73. The number of alkyl halides is 2. The fraction of sp³-hybridized carbons (Fsp3) is 0.579. The minimum absolute atomic E-state index is 0.164. The van der Waals surface area contributed by atoms with Gasteiger partial charge in [0.15, 0.2) is 5.82 Å². The van der Waals surface area contributed by atoms with E-state index in [1.165, 1.54) is 0 Å². The summed E-state index contributed by atoms with van der Waals surface area (Å²) in [6.07, 6.45) is 4.10. The number of hydrogen-bond donors (Lipinski definition) is 1. The lowest BCUT2D eigenvalue weighted by Crippen LogP contribution is -2.31. The summed E-state index contributed by atoms with van der Waals surface area (Å²) in [7, 11) is 1.78. The van der Waals surface area contributed by atoms with Gasteiger partial charge in [0.05, 0.1) is 12.5 Å². The van der Waals surface area contributed by atoms with Crippen molar-refractivity contribution in [2.24, 2.45) is 24.8 Å². The van der Waals surface area contributed by atoms with Crippen LogP contribution in [0.4, 0.5) is 14.6 Å². The van der Waals surface area contributed by atoms with E-state index in [0.29, 0.717) is 54.8 Å². The number of hydrogen-bond acceptors (Lipinski definition) is 5. The molecule has 3 aliphatic rings. The maximum absolute atomic E-state index is 14.7. The third-order valence-electron chi connectivity index (χ3n) is 6.38. The molecule has 1 N–H and O–H groups in total. The van der Waals surface area contributed by atoms with Gasteiger partial charge in [0.25, 0.3) is 5.92 Å². The molecule has 28 heavy (non-hydrogen) atoms. The maximum Gasteiger partial charge on any atom is 0.303 e. The lowest BCUT2D eigenvalue weighted by molar-refractivity contribution is -0.137. The van der Waals surface area contributed by atoms with Crippen LogP contribution >= 0.6 is 0 Å². The molecule has 0 radical (unpaired) electrons. The van der Waals surface area contributed by atoms with Crippen LogP contribution in [0.25, 0.3) is 11.5 Å². The van der Waals surface area contributed by atoms with E-state index in [-0.39, 0.29) is 30.3 Å². The number of imidazole rings is 1. The van der Waals surface area contributed by atoms with E-state index in [0.717, 1.165) is 0 Å². The molecule has 2 fully saturated rings. The minimum Gasteiger partial charge on any atom is -0.481 e. The molecule has 2 aromatic heterocycles. The number of carboxylic acid groups (broad SMARTS) is 1. The molecule has 1 saturated heterocycles. The number of rotatable bonds is 4. The predicted molar refractivity (Wildman–Crippen MR) is 96.0 cm³/mol. The molecule has 2 aromatic rings. The van der Waals surface area contributed by atoms with Gasteiger partial charge in [0.2, 0.25) is 0 Å². The van der Waals surface area contributed by atoms with E-state index in [9.17, 15) is 13.6 Å². The van der Waals surface area contributed by atoms with Gasteiger partial charge in [-0.25, -0.2) is 15.0 Å². The van der Waals surface area contributed by atoms with Crippen LogP contribution in [0.5, 0.6) is 0 Å². The largest absolute Gasteiger partial charge is 0.481 e. The SMILES string of the molecule is Cn1cncc1-c1nc(N2C[C@@H]3C(CC(=O)O)[C@@H]3C2)c2c(n1)C(F)(F)CCC2. The second kappa shape index (κ2) is 5.96. The first-order chi connectivity index (χ1) is 13.3. The number of halogens is 2. The summed E-state index contributed by atoms with van der Waals surface area (Å²) in [6, 6.07) is 0. The molecule has 0 amide bonds. The number of fused-ring (bicyclic) bond motifs is 2. The molecular formula is C19H21F2N5O2. The van der Waals surface area contributed by atoms with Gasteiger partial charge in [-0.15, -0.1) is 0 Å². The highest BCUT2D eigenvalue weighted by Gasteiger charge is 2.57. The quantitative estimate of drug-likeness (QED) is 0.865. The first-order valence-electron chi connectivity index (χ1n) is 9.58. The zero-order valence-corrected chi connectivity index (χ0v) is 15.5. The van der Waals surface area contributed by atoms with Crippen LogP contribution < -0.4 is 4.90 Å². The summed E-state index contributed by atoms with van der Waals surface area (Å²) >= 11 is 0. The average Bonchev–Trinajstić information content (AvgIpc) is 3.01. The molecule has 3 atom stereocenters. The molecular weight excluding hydrogens is 368 g/mol. The van der Waals surface area contributed by atoms with Crippen LogP contribution in [-0.2, 0) is 24.2 Å². The fourth-order valence-corrected chi connectivity index (χ4v) is 4.89. The topological polar surface area (TPSA) is 84.1 Å². The van der Waals surface area contributed by atoms with Crippen LogP contribution in [0.2, 0.25) is 0 Å². The summed E-state index contributed by atoms with van der Waals surface area (Å²) in [4.78, 5) is 26.0. The third-order valence-corrected chi connectivity index (χ3v) is 6.38. The molecule has 0 aromatic carbocycles. The van der Waals surface area contributed by atoms with Crippen LogP contribution in [0.15, 0.2) is 12.5 Å². The first kappa shape index (κ1) is 17.5. The van der Waals surface area contributed by atoms with Crippen molar-refractivity contribution >= 4 is 11.8 Å². The van der Waals surface area contributed by atoms with Crippen molar-refractivity contribution < 1.29 is 18.7 Å². The number of nitrogens with zero attached hydrogens (tertiary/aromatic N) is 5. The van der Waals surface area contributed by atoms with Gasteiger partial charge in [0.1, 0.15) is 17.2 Å². The summed E-state index contributed by atoms with van der Waals surface area (Å²) in [5.74, 6) is -2.07. The minimum atomic E-state index is -2.97. The fourth-order valence-electron chi connectivity index (χ4n) is 4.89. The first-order valence-corrected chi connectivity index (χ1v) is 9.58. The highest BCUT2D eigenvalue weighted by Crippen LogP contribution is 2.55. The van der Waals surface area contributed by atoms with Gasteiger partial charge in [-0.1, -0.05) is 0 Å². The standard InChI is InChI=1S/C19H21F2N5O2/c1-25-9-22-6-14(25)17-23-16-10(3-2-4-19(16,20)21)18(24-17)26-7-12-11(5-15(27)28)13(12)8-26/h6,9,11-13H,2-5,7-8H2,1H3,(H,27,28)/t11?,12-,13+. The smallest absolute Gasteiger partial charge is 0.303 e. The Balaban J connectivity index is 1.53. The Bertz CT molecular complexity index is 948. The van der Waals surface area contributed by atoms with Gasteiger partial charge in [0, 0.05) is 38.5 Å². The van der Waals surface area contributed by atoms with Gasteiger partial charge in [-0.3, -0.25) is 4.79 Å². The Morgan fingerprint density at radius 2 is 2.07 bits per heavy atom. The predicted octanol–water partition coefficient (Wildman–Crippen LogP) is 2.46. The normalized spacial score (nSPS) is 27.4. The van der Waals surface area contributed by atoms with Crippen LogP contribution in [-0.4, -0.2) is 43.7 Å². The molecule has 7 nitrogen and oxygen atoms in total. The molecule has 3 heterocycles. The monoisotopic (exact) mass is 389 g/mol. The van der Waals surface area contributed by atoms with Gasteiger partial charge in [-0.05, 0) is 30.6 Å². The van der Waals surface area contributed by atoms with Crippen molar-refractivity contribution in [1.29, 1.82) is 0 Å². The van der Waals surface area contributed by atoms with E-state index in [1.807, 2.05) is 0 Å². The Hall–Kier alpha value is -2.58. The lowest BCUT2D eigenvalue weighted by atomic mass is 9.92. The van der Waals surface area contributed by atoms with Crippen molar-refractivity contribution in [2.75, 3.05) is 18.0 Å². The lowest BCUT2D eigenvalue weighted by Gasteiger charge is -2.30. The molecule has 5 rings (SSSR count). The average molecular weight is 389 g/mol. The maximum atomic E-state index is 14.7. The van der Waals surface area contributed by atoms with Gasteiger partial charge in [-0.2, -0.15) is 8.78 Å². The molecule has 0 bridgehead atoms. The number of aryl methyl sites for hydroxylation is 1. The number of carboxylic acids is 1. The Labute approximate surface area is 160 Å². The Morgan fingerprint density at radius 3 is 2.71 bits per heavy atom. The molecule has 1 unspecified atom stereocenters. The van der Waals surface area contributed by atoms with E-state index < -0.39 is 11.9 Å². The van der Waals surface area contributed by atoms with Crippen LogP contribution in [0.1, 0.15) is 30.5 Å². The third kappa shape index (κ3) is 2.67. The molecule has 2 aliphatic carbocycles. The van der Waals surface area contributed by atoms with Crippen molar-refractivity contribution in [3.8, 4) is 11.5 Å². The highest BCUT2D eigenvalue weighted by molar-refractivity contribution is 5.68. The van der Waals surface area contributed by atoms with E-state index in [2.05, 4.69) is 19.9 Å². The van der Waals surface area contributed by atoms with Crippen molar-refractivity contribution in [2.45, 2.75) is 31.6 Å². The summed E-state index contributed by atoms with van der Waals surface area (Å²) in [5, 5.41) is 9.02. The summed E-state index contributed by atoms with van der Waals surface area (Å²) in [5.41, 5.74) is 0.972. The van der Waals surface area contributed by atoms with Crippen molar-refractivity contribution in [3.05, 3.63) is 23.8 Å². The number of anilines is 1. The number of carbonyl (C=O) groups is 1. The molecule has 1 saturated carbocycles. The highest BCUT2D eigenvalue weighted by atomic mass is 19.3. The molecule has 9 heteroatoms. The van der Waals surface area contributed by atoms with Gasteiger partial charge < -0.3 is 14.6 Å². The number of piperidine rings is 1. The van der Waals surface area contributed by atoms with Gasteiger partial charge >= 0.3 is 5.97 Å². The van der Waals surface area contributed by atoms with E-state index >= 15 is 0 Å².